The number of benzene rings is 3. The number of aryl methyl sites for hydroxylation is 2. The molecule has 40 heavy (non-hydrogen) atoms. The molecule has 11 heteroatoms. The van der Waals surface area contributed by atoms with Gasteiger partial charge in [-0.25, -0.2) is 13.8 Å². The molecule has 0 radical (unpaired) electrons. The average Bonchev–Trinajstić information content (AvgIpc) is 3.19. The molecule has 8 nitrogen and oxygen atoms in total. The lowest BCUT2D eigenvalue weighted by Crippen LogP contribution is -2.39. The van der Waals surface area contributed by atoms with Crippen LogP contribution in [0.25, 0.3) is 5.69 Å². The Morgan fingerprint density at radius 1 is 1.00 bits per heavy atom. The summed E-state index contributed by atoms with van der Waals surface area (Å²) in [7, 11) is -2.59. The quantitative estimate of drug-likeness (QED) is 0.187. The van der Waals surface area contributed by atoms with Crippen molar-refractivity contribution in [3.05, 3.63) is 105 Å². The van der Waals surface area contributed by atoms with Crippen LogP contribution in [-0.2, 0) is 14.8 Å². The number of aromatic nitrogens is 1. The van der Waals surface area contributed by atoms with Crippen molar-refractivity contribution in [2.24, 2.45) is 5.10 Å². The summed E-state index contributed by atoms with van der Waals surface area (Å²) in [5.41, 5.74) is 6.96. The molecule has 0 unspecified atom stereocenters. The monoisotopic (exact) mass is 598 g/mol. The normalized spacial score (nSPS) is 11.6. The van der Waals surface area contributed by atoms with Gasteiger partial charge in [0.2, 0.25) is 0 Å². The number of sulfonamides is 1. The van der Waals surface area contributed by atoms with Crippen LogP contribution in [0.5, 0.6) is 5.75 Å². The number of amides is 1. The van der Waals surface area contributed by atoms with Gasteiger partial charge in [0.25, 0.3) is 15.9 Å². The highest BCUT2D eigenvalue weighted by atomic mass is 35.5. The summed E-state index contributed by atoms with van der Waals surface area (Å²) in [6, 6.07) is 20.1. The second-order valence-electron chi connectivity index (χ2n) is 9.11. The molecule has 4 rings (SSSR count). The Morgan fingerprint density at radius 2 is 1.68 bits per heavy atom. The van der Waals surface area contributed by atoms with Crippen molar-refractivity contribution in [3.8, 4) is 11.4 Å². The number of hydrazone groups is 1. The molecule has 4 aromatic rings. The number of nitrogens with one attached hydrogen (secondary N) is 1. The summed E-state index contributed by atoms with van der Waals surface area (Å²) in [5.74, 6) is -0.165. The predicted octanol–water partition coefficient (Wildman–Crippen LogP) is 6.06. The summed E-state index contributed by atoms with van der Waals surface area (Å²) in [6.45, 7) is 5.20. The summed E-state index contributed by atoms with van der Waals surface area (Å²) in [6.07, 6.45) is 1.51. The summed E-state index contributed by atoms with van der Waals surface area (Å²) >= 11 is 12.4. The highest BCUT2D eigenvalue weighted by Gasteiger charge is 2.27. The molecular formula is C29H28Cl2N4O4S. The van der Waals surface area contributed by atoms with E-state index in [1.54, 1.807) is 54.6 Å². The van der Waals surface area contributed by atoms with Crippen LogP contribution in [0, 0.1) is 20.8 Å². The van der Waals surface area contributed by atoms with Gasteiger partial charge in [0.1, 0.15) is 12.3 Å². The maximum Gasteiger partial charge on any atom is 0.264 e. The van der Waals surface area contributed by atoms with Gasteiger partial charge in [0.05, 0.1) is 23.9 Å². The van der Waals surface area contributed by atoms with Crippen molar-refractivity contribution in [1.29, 1.82) is 0 Å². The Hall–Kier alpha value is -3.79. The number of halogens is 2. The molecule has 0 atom stereocenters. The third kappa shape index (κ3) is 6.50. The highest BCUT2D eigenvalue weighted by Crippen LogP contribution is 2.28. The molecule has 208 valence electrons. The van der Waals surface area contributed by atoms with E-state index >= 15 is 0 Å². The highest BCUT2D eigenvalue weighted by molar-refractivity contribution is 7.92. The van der Waals surface area contributed by atoms with Crippen LogP contribution in [0.1, 0.15) is 22.5 Å². The van der Waals surface area contributed by atoms with Crippen LogP contribution in [0.3, 0.4) is 0 Å². The summed E-state index contributed by atoms with van der Waals surface area (Å²) in [4.78, 5) is 13.0. The van der Waals surface area contributed by atoms with E-state index in [-0.39, 0.29) is 10.6 Å². The third-order valence-electron chi connectivity index (χ3n) is 6.21. The Kier molecular flexibility index (Phi) is 8.88. The number of anilines is 1. The lowest BCUT2D eigenvalue weighted by molar-refractivity contribution is -0.119. The zero-order chi connectivity index (χ0) is 29.0. The predicted molar refractivity (Wildman–Crippen MR) is 160 cm³/mol. The smallest absolute Gasteiger partial charge is 0.264 e. The number of carbonyl (C=O) groups is 1. The Bertz CT molecular complexity index is 1660. The zero-order valence-electron chi connectivity index (χ0n) is 22.4. The SMILES string of the molecule is COc1cccc(N(CC(=O)N/N=C\c2cc(C)n(-c3cc(Cl)cc(Cl)c3)c2C)S(=O)(=O)c2ccc(C)cc2)c1. The largest absolute Gasteiger partial charge is 0.497 e. The van der Waals surface area contributed by atoms with Crippen molar-refractivity contribution >= 4 is 51.0 Å². The number of rotatable bonds is 9. The van der Waals surface area contributed by atoms with Crippen LogP contribution < -0.4 is 14.5 Å². The van der Waals surface area contributed by atoms with E-state index in [4.69, 9.17) is 27.9 Å². The van der Waals surface area contributed by atoms with Gasteiger partial charge in [0.15, 0.2) is 0 Å². The van der Waals surface area contributed by atoms with Gasteiger partial charge in [0, 0.05) is 38.8 Å². The van der Waals surface area contributed by atoms with Gasteiger partial charge in [-0.15, -0.1) is 0 Å². The number of hydrogen-bond acceptors (Lipinski definition) is 5. The summed E-state index contributed by atoms with van der Waals surface area (Å²) in [5, 5.41) is 5.12. The van der Waals surface area contributed by atoms with Crippen molar-refractivity contribution < 1.29 is 17.9 Å². The molecule has 1 heterocycles. The molecule has 0 fully saturated rings. The average molecular weight is 600 g/mol. The molecule has 0 bridgehead atoms. The number of methoxy groups -OCH3 is 1. The van der Waals surface area contributed by atoms with E-state index < -0.39 is 22.5 Å². The van der Waals surface area contributed by atoms with Gasteiger partial charge in [-0.1, -0.05) is 47.0 Å². The molecule has 1 N–H and O–H groups in total. The fourth-order valence-corrected chi connectivity index (χ4v) is 6.17. The van der Waals surface area contributed by atoms with Crippen LogP contribution in [0.2, 0.25) is 10.0 Å². The molecule has 1 amide bonds. The Morgan fingerprint density at radius 3 is 2.33 bits per heavy atom. The van der Waals surface area contributed by atoms with Crippen LogP contribution >= 0.6 is 23.2 Å². The van der Waals surface area contributed by atoms with Crippen molar-refractivity contribution in [2.75, 3.05) is 18.0 Å². The van der Waals surface area contributed by atoms with Gasteiger partial charge in [-0.3, -0.25) is 9.10 Å². The molecule has 0 spiro atoms. The minimum Gasteiger partial charge on any atom is -0.497 e. The molecule has 0 saturated carbocycles. The molecular weight excluding hydrogens is 571 g/mol. The first-order valence-electron chi connectivity index (χ1n) is 12.2. The molecule has 0 aliphatic rings. The molecule has 0 aliphatic carbocycles. The van der Waals surface area contributed by atoms with Crippen LogP contribution in [0.4, 0.5) is 5.69 Å². The first-order chi connectivity index (χ1) is 19.0. The number of carbonyl (C=O) groups excluding carboxylic acids is 1. The zero-order valence-corrected chi connectivity index (χ0v) is 24.7. The van der Waals surface area contributed by atoms with E-state index in [1.165, 1.54) is 25.5 Å². The molecule has 1 aromatic heterocycles. The fraction of sp³-hybridized carbons (Fsp3) is 0.172. The lowest BCUT2D eigenvalue weighted by atomic mass is 10.2. The first-order valence-corrected chi connectivity index (χ1v) is 14.4. The van der Waals surface area contributed by atoms with Crippen molar-refractivity contribution in [1.82, 2.24) is 9.99 Å². The van der Waals surface area contributed by atoms with E-state index in [0.717, 1.165) is 32.5 Å². The van der Waals surface area contributed by atoms with Crippen molar-refractivity contribution in [2.45, 2.75) is 25.7 Å². The second kappa shape index (κ2) is 12.2. The van der Waals surface area contributed by atoms with Gasteiger partial charge >= 0.3 is 0 Å². The first kappa shape index (κ1) is 29.2. The van der Waals surface area contributed by atoms with Gasteiger partial charge < -0.3 is 9.30 Å². The maximum absolute atomic E-state index is 13.6. The third-order valence-corrected chi connectivity index (χ3v) is 8.43. The number of ether oxygens (including phenoxy) is 1. The van der Waals surface area contributed by atoms with Gasteiger partial charge in [-0.2, -0.15) is 5.10 Å². The van der Waals surface area contributed by atoms with Crippen molar-refractivity contribution in [3.63, 3.8) is 0 Å². The molecule has 3 aromatic carbocycles. The standard InChI is InChI=1S/C29H28Cl2N4O4S/c1-19-8-10-28(11-9-19)40(37,38)34(25-6-5-7-27(16-25)39-4)18-29(36)33-32-17-22-12-20(2)35(21(22)3)26-14-23(30)13-24(31)15-26/h5-17H,18H2,1-4H3,(H,33,36)/b32-17-. The lowest BCUT2D eigenvalue weighted by Gasteiger charge is -2.24. The Balaban J connectivity index is 1.57. The van der Waals surface area contributed by atoms with Crippen LogP contribution in [0.15, 0.2) is 82.8 Å². The van der Waals surface area contributed by atoms with E-state index in [2.05, 4.69) is 10.5 Å². The Labute approximate surface area is 243 Å². The number of hydrogen-bond donors (Lipinski definition) is 1. The minimum atomic E-state index is -4.07. The van der Waals surface area contributed by atoms with Gasteiger partial charge in [-0.05, 0) is 69.3 Å². The second-order valence-corrected chi connectivity index (χ2v) is 11.8. The van der Waals surface area contributed by atoms with E-state index in [1.807, 2.05) is 31.4 Å². The minimum absolute atomic E-state index is 0.0609. The van der Waals surface area contributed by atoms with Crippen LogP contribution in [-0.4, -0.2) is 38.8 Å². The topological polar surface area (TPSA) is 93.0 Å². The number of nitrogens with zero attached hydrogens (tertiary/aromatic N) is 3. The maximum atomic E-state index is 13.6. The summed E-state index contributed by atoms with van der Waals surface area (Å²) < 4.78 is 35.4. The van der Waals surface area contributed by atoms with E-state index in [0.29, 0.717) is 15.8 Å². The van der Waals surface area contributed by atoms with E-state index in [9.17, 15) is 13.2 Å². The molecule has 0 aliphatic heterocycles. The molecule has 0 saturated heterocycles. The fourth-order valence-electron chi connectivity index (χ4n) is 4.24.